The first-order valence-electron chi connectivity index (χ1n) is 8.76. The zero-order valence-corrected chi connectivity index (χ0v) is 13.9. The molecule has 1 amide bonds. The molecule has 1 rings (SSSR count). The molecule has 0 heterocycles. The van der Waals surface area contributed by atoms with E-state index in [9.17, 15) is 4.79 Å². The first-order valence-corrected chi connectivity index (χ1v) is 8.76. The monoisotopic (exact) mass is 305 g/mol. The molecule has 3 nitrogen and oxygen atoms in total. The lowest BCUT2D eigenvalue weighted by Crippen LogP contribution is -2.25. The van der Waals surface area contributed by atoms with Crippen LogP contribution >= 0.6 is 0 Å². The maximum absolute atomic E-state index is 12.3. The van der Waals surface area contributed by atoms with E-state index in [0.29, 0.717) is 0 Å². The molecule has 0 bridgehead atoms. The number of aliphatic hydroxyl groups is 1. The van der Waals surface area contributed by atoms with Gasteiger partial charge in [-0.3, -0.25) is 4.79 Å². The van der Waals surface area contributed by atoms with Gasteiger partial charge in [0.25, 0.3) is 5.91 Å². The van der Waals surface area contributed by atoms with E-state index in [1.165, 1.54) is 19.3 Å². The fourth-order valence-electron chi connectivity index (χ4n) is 2.59. The van der Waals surface area contributed by atoms with Crippen molar-refractivity contribution >= 4 is 5.91 Å². The molecule has 124 valence electrons. The number of nitrogens with one attached hydrogen (secondary N) is 1. The summed E-state index contributed by atoms with van der Waals surface area (Å²) in [6, 6.07) is 7.91. The van der Waals surface area contributed by atoms with Crippen LogP contribution in [0.5, 0.6) is 0 Å². The quantitative estimate of drug-likeness (QED) is 0.571. The largest absolute Gasteiger partial charge is 0.396 e. The molecule has 0 atom stereocenters. The molecule has 1 aromatic carbocycles. The summed E-state index contributed by atoms with van der Waals surface area (Å²) in [5.74, 6) is 0.0578. The number of unbranched alkanes of at least 4 members (excludes halogenated alkanes) is 6. The summed E-state index contributed by atoms with van der Waals surface area (Å²) in [4.78, 5) is 12.3. The highest BCUT2D eigenvalue weighted by Gasteiger charge is 2.09. The fraction of sp³-hybridized carbons (Fsp3) is 0.632. The highest BCUT2D eigenvalue weighted by Crippen LogP contribution is 2.13. The van der Waals surface area contributed by atoms with Crippen LogP contribution in [0.1, 0.15) is 74.2 Å². The van der Waals surface area contributed by atoms with Crippen LogP contribution in [0, 0.1) is 0 Å². The standard InChI is InChI=1S/C19H31NO2/c1-2-3-4-10-15-20-19(22)18-14-9-8-13-17(18)12-7-5-6-11-16-21/h8-9,13-14,21H,2-7,10-12,15-16H2,1H3,(H,20,22). The van der Waals surface area contributed by atoms with Crippen LogP contribution in [0.2, 0.25) is 0 Å². The van der Waals surface area contributed by atoms with Gasteiger partial charge in [0.1, 0.15) is 0 Å². The van der Waals surface area contributed by atoms with Crippen LogP contribution in [-0.2, 0) is 6.42 Å². The zero-order chi connectivity index (χ0) is 16.0. The summed E-state index contributed by atoms with van der Waals surface area (Å²) in [6.45, 7) is 3.23. The Kier molecular flexibility index (Phi) is 10.4. The number of hydrogen-bond acceptors (Lipinski definition) is 2. The van der Waals surface area contributed by atoms with Crippen LogP contribution in [0.15, 0.2) is 24.3 Å². The van der Waals surface area contributed by atoms with Crippen molar-refractivity contribution in [1.29, 1.82) is 0 Å². The molecule has 0 spiro atoms. The van der Waals surface area contributed by atoms with E-state index in [1.54, 1.807) is 0 Å². The molecule has 0 saturated carbocycles. The topological polar surface area (TPSA) is 49.3 Å². The van der Waals surface area contributed by atoms with Crippen LogP contribution in [0.25, 0.3) is 0 Å². The summed E-state index contributed by atoms with van der Waals surface area (Å²) in [7, 11) is 0. The third-order valence-electron chi connectivity index (χ3n) is 3.93. The molecular formula is C19H31NO2. The first-order chi connectivity index (χ1) is 10.8. The van der Waals surface area contributed by atoms with Gasteiger partial charge >= 0.3 is 0 Å². The van der Waals surface area contributed by atoms with Gasteiger partial charge in [-0.2, -0.15) is 0 Å². The molecule has 3 heteroatoms. The van der Waals surface area contributed by atoms with E-state index in [2.05, 4.69) is 18.3 Å². The summed E-state index contributed by atoms with van der Waals surface area (Å²) >= 11 is 0. The second kappa shape index (κ2) is 12.2. The van der Waals surface area contributed by atoms with Crippen molar-refractivity contribution in [2.24, 2.45) is 0 Å². The van der Waals surface area contributed by atoms with Gasteiger partial charge in [0.05, 0.1) is 0 Å². The summed E-state index contributed by atoms with van der Waals surface area (Å²) in [5.41, 5.74) is 1.96. The molecule has 0 aliphatic rings. The minimum Gasteiger partial charge on any atom is -0.396 e. The number of aliphatic hydroxyl groups excluding tert-OH is 1. The van der Waals surface area contributed by atoms with Crippen molar-refractivity contribution in [2.75, 3.05) is 13.2 Å². The van der Waals surface area contributed by atoms with Crippen LogP contribution in [0.4, 0.5) is 0 Å². The Morgan fingerprint density at radius 1 is 1.00 bits per heavy atom. The third kappa shape index (κ3) is 7.60. The Morgan fingerprint density at radius 3 is 2.50 bits per heavy atom. The summed E-state index contributed by atoms with van der Waals surface area (Å²) in [6.07, 6.45) is 9.74. The molecule has 22 heavy (non-hydrogen) atoms. The molecule has 0 aliphatic heterocycles. The minimum absolute atomic E-state index is 0.0578. The zero-order valence-electron chi connectivity index (χ0n) is 13.9. The number of amides is 1. The Hall–Kier alpha value is -1.35. The second-order valence-corrected chi connectivity index (χ2v) is 5.86. The van der Waals surface area contributed by atoms with Gasteiger partial charge in [0.2, 0.25) is 0 Å². The number of hydrogen-bond donors (Lipinski definition) is 2. The van der Waals surface area contributed by atoms with Gasteiger partial charge in [-0.05, 0) is 37.3 Å². The average Bonchev–Trinajstić information content (AvgIpc) is 2.54. The Labute approximate surface area is 135 Å². The van der Waals surface area contributed by atoms with Gasteiger partial charge in [-0.15, -0.1) is 0 Å². The van der Waals surface area contributed by atoms with E-state index in [-0.39, 0.29) is 12.5 Å². The van der Waals surface area contributed by atoms with E-state index in [0.717, 1.165) is 56.2 Å². The predicted octanol–water partition coefficient (Wildman–Crippen LogP) is 4.09. The third-order valence-corrected chi connectivity index (χ3v) is 3.93. The lowest BCUT2D eigenvalue weighted by molar-refractivity contribution is 0.0952. The number of rotatable bonds is 12. The number of carbonyl (C=O) groups excluding carboxylic acids is 1. The van der Waals surface area contributed by atoms with Crippen LogP contribution < -0.4 is 5.32 Å². The van der Waals surface area contributed by atoms with E-state index < -0.39 is 0 Å². The van der Waals surface area contributed by atoms with Gasteiger partial charge < -0.3 is 10.4 Å². The van der Waals surface area contributed by atoms with Crippen molar-refractivity contribution < 1.29 is 9.90 Å². The van der Waals surface area contributed by atoms with Crippen molar-refractivity contribution in [1.82, 2.24) is 5.32 Å². The molecule has 0 aromatic heterocycles. The molecule has 0 radical (unpaired) electrons. The van der Waals surface area contributed by atoms with Crippen molar-refractivity contribution in [2.45, 2.75) is 64.7 Å². The summed E-state index contributed by atoms with van der Waals surface area (Å²) in [5, 5.41) is 11.8. The van der Waals surface area contributed by atoms with E-state index >= 15 is 0 Å². The number of benzene rings is 1. The van der Waals surface area contributed by atoms with Crippen LogP contribution in [-0.4, -0.2) is 24.2 Å². The van der Waals surface area contributed by atoms with E-state index in [1.807, 2.05) is 18.2 Å². The maximum Gasteiger partial charge on any atom is 0.251 e. The average molecular weight is 305 g/mol. The molecule has 2 N–H and O–H groups in total. The van der Waals surface area contributed by atoms with Gasteiger partial charge in [0, 0.05) is 18.7 Å². The SMILES string of the molecule is CCCCCCNC(=O)c1ccccc1CCCCCCO. The fourth-order valence-corrected chi connectivity index (χ4v) is 2.59. The van der Waals surface area contributed by atoms with Gasteiger partial charge in [0.15, 0.2) is 0 Å². The number of aryl methyl sites for hydroxylation is 1. The Morgan fingerprint density at radius 2 is 1.73 bits per heavy atom. The minimum atomic E-state index is 0.0578. The highest BCUT2D eigenvalue weighted by molar-refractivity contribution is 5.95. The van der Waals surface area contributed by atoms with Crippen molar-refractivity contribution in [3.63, 3.8) is 0 Å². The van der Waals surface area contributed by atoms with Crippen molar-refractivity contribution in [3.05, 3.63) is 35.4 Å². The lowest BCUT2D eigenvalue weighted by atomic mass is 10.0. The molecule has 0 fully saturated rings. The Bertz CT molecular complexity index is 418. The molecule has 0 saturated heterocycles. The second-order valence-electron chi connectivity index (χ2n) is 5.86. The van der Waals surface area contributed by atoms with Gasteiger partial charge in [-0.25, -0.2) is 0 Å². The van der Waals surface area contributed by atoms with Crippen molar-refractivity contribution in [3.8, 4) is 0 Å². The first kappa shape index (κ1) is 18.7. The lowest BCUT2D eigenvalue weighted by Gasteiger charge is -2.10. The normalized spacial score (nSPS) is 10.6. The predicted molar refractivity (Wildman–Crippen MR) is 92.2 cm³/mol. The Balaban J connectivity index is 2.39. The number of carbonyl (C=O) groups is 1. The molecular weight excluding hydrogens is 274 g/mol. The molecule has 0 aliphatic carbocycles. The van der Waals surface area contributed by atoms with E-state index in [4.69, 9.17) is 5.11 Å². The van der Waals surface area contributed by atoms with Crippen LogP contribution in [0.3, 0.4) is 0 Å². The molecule has 0 unspecified atom stereocenters. The smallest absolute Gasteiger partial charge is 0.251 e. The highest BCUT2D eigenvalue weighted by atomic mass is 16.2. The maximum atomic E-state index is 12.3. The van der Waals surface area contributed by atoms with Gasteiger partial charge in [-0.1, -0.05) is 57.2 Å². The summed E-state index contributed by atoms with van der Waals surface area (Å²) < 4.78 is 0. The molecule has 1 aromatic rings.